The van der Waals surface area contributed by atoms with Gasteiger partial charge in [0.25, 0.3) is 5.91 Å². The lowest BCUT2D eigenvalue weighted by molar-refractivity contribution is -0.117. The third-order valence-electron chi connectivity index (χ3n) is 4.86. The second-order valence-corrected chi connectivity index (χ2v) is 7.82. The van der Waals surface area contributed by atoms with Crippen molar-refractivity contribution in [3.05, 3.63) is 53.6 Å². The summed E-state index contributed by atoms with van der Waals surface area (Å²) < 4.78 is 15.2. The molecule has 2 heterocycles. The van der Waals surface area contributed by atoms with Gasteiger partial charge in [-0.1, -0.05) is 13.8 Å². The Kier molecular flexibility index (Phi) is 6.14. The van der Waals surface area contributed by atoms with E-state index < -0.39 is 11.7 Å². The van der Waals surface area contributed by atoms with Gasteiger partial charge in [-0.25, -0.2) is 14.1 Å². The first kappa shape index (κ1) is 21.4. The van der Waals surface area contributed by atoms with Crippen molar-refractivity contribution in [3.8, 4) is 0 Å². The average Bonchev–Trinajstić information content (AvgIpc) is 3.12. The fourth-order valence-electron chi connectivity index (χ4n) is 3.22. The van der Waals surface area contributed by atoms with E-state index in [2.05, 4.69) is 5.10 Å². The Balaban J connectivity index is 2.15. The topological polar surface area (TPSA) is 94.1 Å². The predicted octanol–water partition coefficient (Wildman–Crippen LogP) is 3.80. The largest absolute Gasteiger partial charge is 0.370 e. The first-order valence-electron chi connectivity index (χ1n) is 9.93. The van der Waals surface area contributed by atoms with Crippen LogP contribution in [0.4, 0.5) is 10.1 Å². The number of carbonyl (C=O) groups is 2. The number of primary amides is 1. The molecule has 0 saturated carbocycles. The van der Waals surface area contributed by atoms with E-state index in [9.17, 15) is 14.0 Å². The predicted molar refractivity (Wildman–Crippen MR) is 114 cm³/mol. The number of nitrogens with zero attached hydrogens (tertiary/aromatic N) is 4. The number of hydrogen-bond acceptors (Lipinski definition) is 4. The molecule has 158 valence electrons. The van der Waals surface area contributed by atoms with E-state index >= 15 is 0 Å². The van der Waals surface area contributed by atoms with Gasteiger partial charge in [0.1, 0.15) is 5.82 Å². The summed E-state index contributed by atoms with van der Waals surface area (Å²) in [4.78, 5) is 31.2. The van der Waals surface area contributed by atoms with E-state index in [1.807, 2.05) is 27.7 Å². The molecule has 0 aliphatic carbocycles. The number of benzene rings is 1. The molecule has 0 radical (unpaired) electrons. The van der Waals surface area contributed by atoms with Gasteiger partial charge in [-0.3, -0.25) is 9.59 Å². The molecule has 8 heteroatoms. The summed E-state index contributed by atoms with van der Waals surface area (Å²) in [6.45, 7) is 8.08. The second-order valence-electron chi connectivity index (χ2n) is 7.82. The maximum absolute atomic E-state index is 13.6. The van der Waals surface area contributed by atoms with Gasteiger partial charge in [-0.15, -0.1) is 0 Å². The molecule has 7 nitrogen and oxygen atoms in total. The number of aromatic nitrogens is 3. The number of fused-ring (bicyclic) bond motifs is 1. The number of pyridine rings is 1. The van der Waals surface area contributed by atoms with Gasteiger partial charge in [0.15, 0.2) is 5.65 Å². The molecule has 0 aliphatic rings. The summed E-state index contributed by atoms with van der Waals surface area (Å²) in [5.41, 5.74) is 7.63. The standard InChI is InChI=1S/C22H26FN5O2/c1-13(2)19-11-17(18-12-25-28(14(3)4)21(18)26-19)22(30)27(10-9-20(24)29)16-7-5-15(23)6-8-16/h5-8,11-14H,9-10H2,1-4H3,(H2,24,29). The molecule has 2 N–H and O–H groups in total. The SMILES string of the molecule is CC(C)c1cc(C(=O)N(CCC(N)=O)c2ccc(F)cc2)c2cnn(C(C)C)c2n1. The van der Waals surface area contributed by atoms with Gasteiger partial charge in [-0.05, 0) is 50.1 Å². The minimum atomic E-state index is -0.523. The normalized spacial score (nSPS) is 11.4. The highest BCUT2D eigenvalue weighted by Crippen LogP contribution is 2.27. The highest BCUT2D eigenvalue weighted by molar-refractivity contribution is 6.13. The van der Waals surface area contributed by atoms with Crippen molar-refractivity contribution in [2.45, 2.75) is 46.1 Å². The zero-order valence-electron chi connectivity index (χ0n) is 17.6. The Morgan fingerprint density at radius 3 is 2.40 bits per heavy atom. The van der Waals surface area contributed by atoms with Crippen molar-refractivity contribution in [1.29, 1.82) is 0 Å². The van der Waals surface area contributed by atoms with Crippen molar-refractivity contribution >= 4 is 28.5 Å². The molecule has 0 spiro atoms. The third kappa shape index (κ3) is 4.32. The van der Waals surface area contributed by atoms with Gasteiger partial charge in [-0.2, -0.15) is 5.10 Å². The van der Waals surface area contributed by atoms with Crippen LogP contribution in [0.3, 0.4) is 0 Å². The van der Waals surface area contributed by atoms with Crippen molar-refractivity contribution in [2.24, 2.45) is 5.73 Å². The first-order valence-corrected chi connectivity index (χ1v) is 9.93. The molecule has 0 bridgehead atoms. The van der Waals surface area contributed by atoms with Gasteiger partial charge in [0, 0.05) is 30.4 Å². The molecule has 0 aliphatic heterocycles. The number of hydrogen-bond donors (Lipinski definition) is 1. The summed E-state index contributed by atoms with van der Waals surface area (Å²) in [5, 5.41) is 5.04. The van der Waals surface area contributed by atoms with Gasteiger partial charge in [0.2, 0.25) is 5.91 Å². The summed E-state index contributed by atoms with van der Waals surface area (Å²) in [7, 11) is 0. The molecule has 0 saturated heterocycles. The van der Waals surface area contributed by atoms with Gasteiger partial charge >= 0.3 is 0 Å². The van der Waals surface area contributed by atoms with Crippen molar-refractivity contribution in [2.75, 3.05) is 11.4 Å². The molecule has 0 atom stereocenters. The van der Waals surface area contributed by atoms with Crippen LogP contribution < -0.4 is 10.6 Å². The Morgan fingerprint density at radius 1 is 1.17 bits per heavy atom. The Labute approximate surface area is 174 Å². The molecule has 3 aromatic rings. The molecule has 30 heavy (non-hydrogen) atoms. The fourth-order valence-corrected chi connectivity index (χ4v) is 3.22. The maximum Gasteiger partial charge on any atom is 0.259 e. The highest BCUT2D eigenvalue weighted by atomic mass is 19.1. The van der Waals surface area contributed by atoms with Crippen molar-refractivity contribution in [3.63, 3.8) is 0 Å². The van der Waals surface area contributed by atoms with Crippen LogP contribution in [-0.2, 0) is 4.79 Å². The second kappa shape index (κ2) is 8.61. The Hall–Kier alpha value is -3.29. The van der Waals surface area contributed by atoms with Crippen molar-refractivity contribution < 1.29 is 14.0 Å². The smallest absolute Gasteiger partial charge is 0.259 e. The maximum atomic E-state index is 13.6. The monoisotopic (exact) mass is 411 g/mol. The van der Waals surface area contributed by atoms with Crippen LogP contribution in [-0.4, -0.2) is 33.1 Å². The molecule has 0 fully saturated rings. The lowest BCUT2D eigenvalue weighted by Gasteiger charge is -2.23. The fraction of sp³-hybridized carbons (Fsp3) is 0.364. The van der Waals surface area contributed by atoms with Crippen LogP contribution in [0.25, 0.3) is 11.0 Å². The van der Waals surface area contributed by atoms with Gasteiger partial charge in [0.05, 0.1) is 17.1 Å². The van der Waals surface area contributed by atoms with E-state index in [-0.39, 0.29) is 30.8 Å². The van der Waals surface area contributed by atoms with Crippen LogP contribution in [0.2, 0.25) is 0 Å². The van der Waals surface area contributed by atoms with Crippen LogP contribution in [0.5, 0.6) is 0 Å². The van der Waals surface area contributed by atoms with E-state index in [0.29, 0.717) is 22.3 Å². The van der Waals surface area contributed by atoms with Crippen molar-refractivity contribution in [1.82, 2.24) is 14.8 Å². The average molecular weight is 411 g/mol. The number of amides is 2. The summed E-state index contributed by atoms with van der Waals surface area (Å²) in [5.74, 6) is -1.15. The zero-order chi connectivity index (χ0) is 22.0. The summed E-state index contributed by atoms with van der Waals surface area (Å²) in [6.07, 6.45) is 1.62. The quantitative estimate of drug-likeness (QED) is 0.640. The lowest BCUT2D eigenvalue weighted by Crippen LogP contribution is -2.34. The lowest BCUT2D eigenvalue weighted by atomic mass is 10.0. The van der Waals surface area contributed by atoms with Crippen LogP contribution in [0.15, 0.2) is 36.5 Å². The summed E-state index contributed by atoms with van der Waals surface area (Å²) >= 11 is 0. The van der Waals surface area contributed by atoms with Gasteiger partial charge < -0.3 is 10.6 Å². The third-order valence-corrected chi connectivity index (χ3v) is 4.86. The molecule has 3 rings (SSSR count). The minimum absolute atomic E-state index is 0.0142. The number of carbonyl (C=O) groups excluding carboxylic acids is 2. The highest BCUT2D eigenvalue weighted by Gasteiger charge is 2.24. The molecular weight excluding hydrogens is 385 g/mol. The van der Waals surface area contributed by atoms with Crippen LogP contribution in [0.1, 0.15) is 62.1 Å². The van der Waals surface area contributed by atoms with E-state index in [1.54, 1.807) is 16.9 Å². The number of halogens is 1. The molecule has 2 aromatic heterocycles. The van der Waals surface area contributed by atoms with E-state index in [0.717, 1.165) is 5.69 Å². The van der Waals surface area contributed by atoms with Crippen LogP contribution in [0, 0.1) is 5.82 Å². The number of anilines is 1. The molecule has 2 amide bonds. The first-order chi connectivity index (χ1) is 14.2. The molecule has 0 unspecified atom stereocenters. The number of rotatable bonds is 7. The minimum Gasteiger partial charge on any atom is -0.370 e. The van der Waals surface area contributed by atoms with E-state index in [1.165, 1.54) is 29.2 Å². The number of nitrogens with two attached hydrogens (primary N) is 1. The Morgan fingerprint density at radius 2 is 1.83 bits per heavy atom. The Bertz CT molecular complexity index is 1070. The van der Waals surface area contributed by atoms with Crippen LogP contribution >= 0.6 is 0 Å². The zero-order valence-corrected chi connectivity index (χ0v) is 17.6. The van der Waals surface area contributed by atoms with E-state index in [4.69, 9.17) is 10.7 Å². The summed E-state index contributed by atoms with van der Waals surface area (Å²) in [6, 6.07) is 7.41. The molecular formula is C22H26FN5O2. The molecule has 1 aromatic carbocycles.